The molecule has 1 aromatic rings. The number of alkyl halides is 3. The molecule has 3 unspecified atom stereocenters. The number of nitrogens with zero attached hydrogens (tertiary/aromatic N) is 3. The van der Waals surface area contributed by atoms with Crippen molar-refractivity contribution in [3.8, 4) is 0 Å². The van der Waals surface area contributed by atoms with E-state index in [0.29, 0.717) is 44.6 Å². The van der Waals surface area contributed by atoms with E-state index in [0.717, 1.165) is 12.3 Å². The third kappa shape index (κ3) is 4.48. The lowest BCUT2D eigenvalue weighted by Crippen LogP contribution is -2.53. The Bertz CT molecular complexity index is 932. The SMILES string of the molecule is CC1C2CN(c3cncc(C(F)(F)F)c3)CCN2C(=O)[C@]12CCC(NC(=O)OC(C)(C)C)C2. The van der Waals surface area contributed by atoms with E-state index in [1.165, 1.54) is 6.20 Å². The number of anilines is 1. The summed E-state index contributed by atoms with van der Waals surface area (Å²) >= 11 is 0. The average molecular weight is 469 g/mol. The van der Waals surface area contributed by atoms with Gasteiger partial charge in [0.05, 0.1) is 28.9 Å². The Balaban J connectivity index is 1.46. The van der Waals surface area contributed by atoms with Crippen LogP contribution in [0.2, 0.25) is 0 Å². The van der Waals surface area contributed by atoms with Crippen molar-refractivity contribution >= 4 is 17.7 Å². The maximum Gasteiger partial charge on any atom is 0.417 e. The topological polar surface area (TPSA) is 74.8 Å². The first-order chi connectivity index (χ1) is 15.3. The molecule has 33 heavy (non-hydrogen) atoms. The molecule has 4 rings (SSSR count). The Kier molecular flexibility index (Phi) is 5.77. The second-order valence-corrected chi connectivity index (χ2v) is 10.5. The Hall–Kier alpha value is -2.52. The highest BCUT2D eigenvalue weighted by Gasteiger charge is 2.60. The van der Waals surface area contributed by atoms with Crippen LogP contribution in [0.1, 0.15) is 52.5 Å². The van der Waals surface area contributed by atoms with E-state index in [-0.39, 0.29) is 23.9 Å². The van der Waals surface area contributed by atoms with Crippen molar-refractivity contribution in [3.05, 3.63) is 24.0 Å². The fraction of sp³-hybridized carbons (Fsp3) is 0.696. The highest BCUT2D eigenvalue weighted by molar-refractivity contribution is 5.87. The maximum absolute atomic E-state index is 13.5. The van der Waals surface area contributed by atoms with Crippen molar-refractivity contribution in [2.75, 3.05) is 24.5 Å². The van der Waals surface area contributed by atoms with Crippen molar-refractivity contribution in [1.82, 2.24) is 15.2 Å². The average Bonchev–Trinajstić information content (AvgIpc) is 3.22. The van der Waals surface area contributed by atoms with Gasteiger partial charge in [0.25, 0.3) is 0 Å². The molecule has 1 aromatic heterocycles. The zero-order chi connectivity index (χ0) is 24.2. The monoisotopic (exact) mass is 468 g/mol. The molecule has 2 saturated heterocycles. The third-order valence-corrected chi connectivity index (χ3v) is 7.24. The summed E-state index contributed by atoms with van der Waals surface area (Å²) in [5.74, 6) is 0.104. The smallest absolute Gasteiger partial charge is 0.417 e. The quantitative estimate of drug-likeness (QED) is 0.714. The van der Waals surface area contributed by atoms with E-state index in [4.69, 9.17) is 4.74 Å². The van der Waals surface area contributed by atoms with Gasteiger partial charge in [-0.25, -0.2) is 4.79 Å². The second-order valence-electron chi connectivity index (χ2n) is 10.5. The second kappa shape index (κ2) is 8.06. The molecule has 3 fully saturated rings. The van der Waals surface area contributed by atoms with Gasteiger partial charge in [0.15, 0.2) is 0 Å². The number of hydrogen-bond donors (Lipinski definition) is 1. The summed E-state index contributed by atoms with van der Waals surface area (Å²) in [5, 5.41) is 2.91. The molecule has 0 radical (unpaired) electrons. The number of nitrogens with one attached hydrogen (secondary N) is 1. The molecule has 1 spiro atoms. The van der Waals surface area contributed by atoms with Crippen LogP contribution in [0.4, 0.5) is 23.7 Å². The van der Waals surface area contributed by atoms with Gasteiger partial charge in [-0.05, 0) is 52.0 Å². The zero-order valence-corrected chi connectivity index (χ0v) is 19.4. The number of pyridine rings is 1. The van der Waals surface area contributed by atoms with Crippen molar-refractivity contribution < 1.29 is 27.5 Å². The minimum absolute atomic E-state index is 0.0111. The standard InChI is InChI=1S/C23H31F3N4O3/c1-14-18-13-29(17-9-15(11-27-12-17)23(24,25)26)7-8-30(18)19(31)22(14)6-5-16(10-22)28-20(32)33-21(2,3)4/h9,11-12,14,16,18H,5-8,10,13H2,1-4H3,(H,28,32)/t14?,16?,18?,22-/m0/s1. The molecule has 1 saturated carbocycles. The van der Waals surface area contributed by atoms with Crippen LogP contribution in [0.25, 0.3) is 0 Å². The molecular formula is C23H31F3N4O3. The Morgan fingerprint density at radius 3 is 2.64 bits per heavy atom. The van der Waals surface area contributed by atoms with Gasteiger partial charge in [0, 0.05) is 31.9 Å². The summed E-state index contributed by atoms with van der Waals surface area (Å²) < 4.78 is 44.8. The molecule has 0 bridgehead atoms. The Morgan fingerprint density at radius 2 is 1.97 bits per heavy atom. The van der Waals surface area contributed by atoms with Gasteiger partial charge >= 0.3 is 12.3 Å². The van der Waals surface area contributed by atoms with Gasteiger partial charge in [-0.3, -0.25) is 9.78 Å². The van der Waals surface area contributed by atoms with Gasteiger partial charge in [-0.1, -0.05) is 6.92 Å². The summed E-state index contributed by atoms with van der Waals surface area (Å²) in [6, 6.07) is 0.883. The molecule has 2 amide bonds. The highest BCUT2D eigenvalue weighted by atomic mass is 19.4. The Morgan fingerprint density at radius 1 is 1.24 bits per heavy atom. The van der Waals surface area contributed by atoms with Gasteiger partial charge in [-0.15, -0.1) is 0 Å². The minimum atomic E-state index is -4.45. The van der Waals surface area contributed by atoms with Gasteiger partial charge < -0.3 is 19.9 Å². The molecule has 3 heterocycles. The van der Waals surface area contributed by atoms with Crippen molar-refractivity contribution in [2.45, 2.75) is 70.8 Å². The maximum atomic E-state index is 13.5. The van der Waals surface area contributed by atoms with Crippen LogP contribution in [0, 0.1) is 11.3 Å². The molecule has 0 aromatic carbocycles. The highest BCUT2D eigenvalue weighted by Crippen LogP contribution is 2.53. The molecule has 1 N–H and O–H groups in total. The molecule has 3 aliphatic rings. The first kappa shape index (κ1) is 23.6. The zero-order valence-electron chi connectivity index (χ0n) is 19.4. The lowest BCUT2D eigenvalue weighted by Gasteiger charge is -2.40. The number of amides is 2. The molecule has 182 valence electrons. The van der Waals surface area contributed by atoms with Crippen LogP contribution in [-0.2, 0) is 15.7 Å². The number of alkyl carbamates (subject to hydrolysis) is 1. The van der Waals surface area contributed by atoms with Crippen LogP contribution in [0.3, 0.4) is 0 Å². The van der Waals surface area contributed by atoms with Crippen molar-refractivity contribution in [1.29, 1.82) is 0 Å². The molecular weight excluding hydrogens is 437 g/mol. The fourth-order valence-corrected chi connectivity index (χ4v) is 5.61. The summed E-state index contributed by atoms with van der Waals surface area (Å²) in [6.45, 7) is 8.82. The van der Waals surface area contributed by atoms with Crippen LogP contribution in [0.15, 0.2) is 18.5 Å². The van der Waals surface area contributed by atoms with E-state index in [9.17, 15) is 22.8 Å². The summed E-state index contributed by atoms with van der Waals surface area (Å²) in [4.78, 5) is 33.2. The number of ether oxygens (including phenoxy) is 1. The van der Waals surface area contributed by atoms with Crippen LogP contribution >= 0.6 is 0 Å². The minimum Gasteiger partial charge on any atom is -0.444 e. The van der Waals surface area contributed by atoms with E-state index in [1.54, 1.807) is 20.8 Å². The van der Waals surface area contributed by atoms with Crippen molar-refractivity contribution in [3.63, 3.8) is 0 Å². The number of carbonyl (C=O) groups excluding carboxylic acids is 2. The van der Waals surface area contributed by atoms with Crippen LogP contribution in [-0.4, -0.2) is 59.2 Å². The third-order valence-electron chi connectivity index (χ3n) is 7.24. The largest absolute Gasteiger partial charge is 0.444 e. The number of piperazine rings is 1. The predicted octanol–water partition coefficient (Wildman–Crippen LogP) is 3.83. The van der Waals surface area contributed by atoms with Crippen LogP contribution < -0.4 is 10.2 Å². The number of halogens is 3. The van der Waals surface area contributed by atoms with Crippen molar-refractivity contribution in [2.24, 2.45) is 11.3 Å². The summed E-state index contributed by atoms with van der Waals surface area (Å²) in [6.07, 6.45) is -0.757. The fourth-order valence-electron chi connectivity index (χ4n) is 5.61. The normalized spacial score (nSPS) is 30.0. The number of fused-ring (bicyclic) bond motifs is 1. The molecule has 7 nitrogen and oxygen atoms in total. The van der Waals surface area contributed by atoms with Crippen LogP contribution in [0.5, 0.6) is 0 Å². The summed E-state index contributed by atoms with van der Waals surface area (Å²) in [5.41, 5.74) is -1.52. The Labute approximate surface area is 191 Å². The van der Waals surface area contributed by atoms with Gasteiger partial charge in [0.1, 0.15) is 5.60 Å². The number of rotatable bonds is 2. The molecule has 4 atom stereocenters. The van der Waals surface area contributed by atoms with Gasteiger partial charge in [-0.2, -0.15) is 13.2 Å². The van der Waals surface area contributed by atoms with Gasteiger partial charge in [0.2, 0.25) is 5.91 Å². The van der Waals surface area contributed by atoms with E-state index >= 15 is 0 Å². The molecule has 1 aliphatic carbocycles. The van der Waals surface area contributed by atoms with E-state index < -0.39 is 28.8 Å². The van der Waals surface area contributed by atoms with E-state index in [2.05, 4.69) is 10.3 Å². The number of hydrogen-bond acceptors (Lipinski definition) is 5. The molecule has 10 heteroatoms. The first-order valence-corrected chi connectivity index (χ1v) is 11.4. The predicted molar refractivity (Wildman–Crippen MR) is 116 cm³/mol. The van der Waals surface area contributed by atoms with E-state index in [1.807, 2.05) is 16.7 Å². The number of aromatic nitrogens is 1. The molecule has 2 aliphatic heterocycles. The lowest BCUT2D eigenvalue weighted by molar-refractivity contribution is -0.138. The lowest BCUT2D eigenvalue weighted by atomic mass is 9.74. The summed E-state index contributed by atoms with van der Waals surface area (Å²) in [7, 11) is 0. The number of carbonyl (C=O) groups is 2. The first-order valence-electron chi connectivity index (χ1n) is 11.4.